The number of amides is 2. The van der Waals surface area contributed by atoms with E-state index in [9.17, 15) is 43.5 Å². The van der Waals surface area contributed by atoms with Crippen LogP contribution < -0.4 is 9.47 Å². The first kappa shape index (κ1) is 52.3. The number of benzene rings is 4. The fourth-order valence-electron chi connectivity index (χ4n) is 8.19. The molecule has 4 aromatic carbocycles. The van der Waals surface area contributed by atoms with Gasteiger partial charge in [0.25, 0.3) is 11.8 Å². The van der Waals surface area contributed by atoms with E-state index in [2.05, 4.69) is 0 Å². The van der Waals surface area contributed by atoms with Crippen molar-refractivity contribution in [2.75, 3.05) is 20.3 Å². The molecule has 2 amide bonds. The molecule has 0 saturated carbocycles. The van der Waals surface area contributed by atoms with Crippen LogP contribution in [-0.2, 0) is 57.1 Å². The third kappa shape index (κ3) is 12.3. The number of hydrogen-bond donors (Lipinski definition) is 1. The SMILES string of the molecule is COc1ccc(O[C@@H]2O[C@H](COC(C)=O)[C@@H](OC(C)=O)[C@H](O[C@@H]3O[C@H](COC(=O)CCC(C)=O)[C@@H](O)[C@H](OC(=O)c4ccc(C)cc4)[C@H]3OC(=O)c3ccc(C)cc3)[C@H]2N2C(=O)c3ccccc3C2=O)cc1. The molecule has 3 heterocycles. The number of esters is 5. The molecule has 2 saturated heterocycles. The lowest BCUT2D eigenvalue weighted by molar-refractivity contribution is -0.342. The largest absolute Gasteiger partial charge is 0.497 e. The number of methoxy groups -OCH3 is 1. The average molecular weight is 996 g/mol. The van der Waals surface area contributed by atoms with Crippen LogP contribution in [0.2, 0.25) is 0 Å². The van der Waals surface area contributed by atoms with E-state index in [0.29, 0.717) is 5.75 Å². The number of ketones is 1. The summed E-state index contributed by atoms with van der Waals surface area (Å²) in [4.78, 5) is 108. The zero-order chi connectivity index (χ0) is 51.8. The fraction of sp³-hybridized carbons (Fsp3) is 0.385. The number of aryl methyl sites for hydroxylation is 2. The van der Waals surface area contributed by atoms with Crippen LogP contribution in [0.3, 0.4) is 0 Å². The Balaban J connectivity index is 1.39. The first-order chi connectivity index (χ1) is 34.4. The van der Waals surface area contributed by atoms with Gasteiger partial charge in [0.05, 0.1) is 35.8 Å². The molecule has 0 bridgehead atoms. The van der Waals surface area contributed by atoms with Crippen molar-refractivity contribution >= 4 is 47.4 Å². The molecule has 3 aliphatic heterocycles. The normalized spacial score (nSPS) is 24.6. The van der Waals surface area contributed by atoms with Crippen molar-refractivity contribution in [3.05, 3.63) is 130 Å². The van der Waals surface area contributed by atoms with Crippen LogP contribution in [0.5, 0.6) is 11.5 Å². The van der Waals surface area contributed by atoms with Crippen molar-refractivity contribution in [3.8, 4) is 11.5 Å². The van der Waals surface area contributed by atoms with E-state index < -0.39 is 116 Å². The zero-order valence-electron chi connectivity index (χ0n) is 40.1. The molecule has 1 N–H and O–H groups in total. The number of Topliss-reactive ketones (excluding diaryl/α,β-unsaturated/α-hetero) is 1. The second-order valence-electron chi connectivity index (χ2n) is 17.2. The van der Waals surface area contributed by atoms with Crippen molar-refractivity contribution < 1.29 is 90.8 Å². The van der Waals surface area contributed by atoms with Crippen LogP contribution in [0.15, 0.2) is 97.1 Å². The number of imide groups is 1. The van der Waals surface area contributed by atoms with Gasteiger partial charge in [0.2, 0.25) is 6.29 Å². The topological polar surface area (TPSA) is 252 Å². The summed E-state index contributed by atoms with van der Waals surface area (Å²) < 4.78 is 60.2. The van der Waals surface area contributed by atoms with Crippen LogP contribution in [0.25, 0.3) is 0 Å². The molecule has 0 spiro atoms. The predicted octanol–water partition coefficient (Wildman–Crippen LogP) is 4.41. The number of nitrogens with zero attached hydrogens (tertiary/aromatic N) is 1. The van der Waals surface area contributed by atoms with Crippen LogP contribution in [0.4, 0.5) is 0 Å². The molecule has 3 aliphatic rings. The minimum atomic E-state index is -2.06. The summed E-state index contributed by atoms with van der Waals surface area (Å²) in [6.45, 7) is 5.65. The number of rotatable bonds is 18. The highest BCUT2D eigenvalue weighted by Crippen LogP contribution is 2.39. The monoisotopic (exact) mass is 995 g/mol. The van der Waals surface area contributed by atoms with Crippen molar-refractivity contribution in [2.45, 2.75) is 109 Å². The van der Waals surface area contributed by atoms with Gasteiger partial charge in [-0.1, -0.05) is 47.5 Å². The Labute approximate surface area is 413 Å². The van der Waals surface area contributed by atoms with Gasteiger partial charge in [0, 0.05) is 20.3 Å². The van der Waals surface area contributed by atoms with Crippen molar-refractivity contribution in [1.29, 1.82) is 0 Å². The van der Waals surface area contributed by atoms with Gasteiger partial charge in [0.15, 0.2) is 24.6 Å². The number of carbonyl (C=O) groups is 8. The van der Waals surface area contributed by atoms with Crippen LogP contribution >= 0.6 is 0 Å². The summed E-state index contributed by atoms with van der Waals surface area (Å²) in [6.07, 6.45) is -17.0. The zero-order valence-corrected chi connectivity index (χ0v) is 40.1. The van der Waals surface area contributed by atoms with E-state index in [1.165, 1.54) is 62.6 Å². The van der Waals surface area contributed by atoms with Crippen LogP contribution in [0.1, 0.15) is 86.2 Å². The molecule has 10 atom stereocenters. The molecule has 20 nitrogen and oxygen atoms in total. The standard InChI is InChI=1S/C52H53NO19/c1-27-11-16-32(17-12-27)49(61)70-45-42(58)38(25-65-40(57)24-15-29(3)54)68-52(46(45)71-50(62)33-18-13-28(2)14-19-33)72-44-41(53-47(59)36-9-7-8-10-37(36)48(53)60)51(67-35-22-20-34(63-6)21-23-35)69-39(26-64-30(4)55)43(44)66-31(5)56/h7-14,16-23,38-39,41-46,51-52,58H,15,24-26H2,1-6H3/t38-,39-,41-,42-,43-,44-,45+,46-,51-,52+/m1/s1. The fourth-order valence-corrected chi connectivity index (χ4v) is 8.19. The number of aliphatic hydroxyl groups is 1. The van der Waals surface area contributed by atoms with Crippen molar-refractivity contribution in [1.82, 2.24) is 4.90 Å². The van der Waals surface area contributed by atoms with E-state index >= 15 is 0 Å². The van der Waals surface area contributed by atoms with E-state index in [1.54, 1.807) is 62.4 Å². The molecule has 0 radical (unpaired) electrons. The minimum absolute atomic E-state index is 0.00105. The third-order valence-electron chi connectivity index (χ3n) is 11.9. The van der Waals surface area contributed by atoms with Gasteiger partial charge < -0.3 is 57.3 Å². The molecule has 2 fully saturated rings. The van der Waals surface area contributed by atoms with Gasteiger partial charge in [-0.25, -0.2) is 9.59 Å². The maximum atomic E-state index is 14.6. The Morgan fingerprint density at radius 3 is 1.64 bits per heavy atom. The lowest BCUT2D eigenvalue weighted by atomic mass is 9.93. The highest BCUT2D eigenvalue weighted by molar-refractivity contribution is 6.21. The highest BCUT2D eigenvalue weighted by Gasteiger charge is 2.60. The number of hydrogen-bond acceptors (Lipinski definition) is 19. The van der Waals surface area contributed by atoms with E-state index in [0.717, 1.165) is 29.9 Å². The van der Waals surface area contributed by atoms with Gasteiger partial charge >= 0.3 is 29.8 Å². The summed E-state index contributed by atoms with van der Waals surface area (Å²) in [5, 5.41) is 12.1. The van der Waals surface area contributed by atoms with E-state index in [-0.39, 0.29) is 46.6 Å². The maximum Gasteiger partial charge on any atom is 0.338 e. The van der Waals surface area contributed by atoms with Gasteiger partial charge in [-0.2, -0.15) is 0 Å². The number of ether oxygens (including phenoxy) is 10. The summed E-state index contributed by atoms with van der Waals surface area (Å²) >= 11 is 0. The predicted molar refractivity (Wildman–Crippen MR) is 246 cm³/mol. The van der Waals surface area contributed by atoms with Crippen molar-refractivity contribution in [3.63, 3.8) is 0 Å². The average Bonchev–Trinajstić information content (AvgIpc) is 3.60. The smallest absolute Gasteiger partial charge is 0.338 e. The number of aliphatic hydroxyl groups excluding tert-OH is 1. The van der Waals surface area contributed by atoms with Gasteiger partial charge in [-0.05, 0) is 81.4 Å². The minimum Gasteiger partial charge on any atom is -0.497 e. The lowest BCUT2D eigenvalue weighted by Crippen LogP contribution is -2.70. The number of fused-ring (bicyclic) bond motifs is 1. The molecule has 0 aromatic heterocycles. The Morgan fingerprint density at radius 2 is 1.11 bits per heavy atom. The summed E-state index contributed by atoms with van der Waals surface area (Å²) in [5.41, 5.74) is 1.57. The Kier molecular flexibility index (Phi) is 16.8. The second-order valence-corrected chi connectivity index (χ2v) is 17.2. The molecule has 7 rings (SSSR count). The molecule has 0 aliphatic carbocycles. The number of carbonyl (C=O) groups excluding carboxylic acids is 8. The first-order valence-electron chi connectivity index (χ1n) is 22.8. The molecule has 72 heavy (non-hydrogen) atoms. The summed E-state index contributed by atoms with van der Waals surface area (Å²) in [6, 6.07) is 22.6. The lowest BCUT2D eigenvalue weighted by Gasteiger charge is -2.50. The summed E-state index contributed by atoms with van der Waals surface area (Å²) in [7, 11) is 1.45. The molecule has 380 valence electrons. The van der Waals surface area contributed by atoms with Gasteiger partial charge in [-0.15, -0.1) is 0 Å². The van der Waals surface area contributed by atoms with E-state index in [1.807, 2.05) is 0 Å². The molecule has 0 unspecified atom stereocenters. The Bertz CT molecular complexity index is 2620. The highest BCUT2D eigenvalue weighted by atomic mass is 16.8. The Morgan fingerprint density at radius 1 is 0.583 bits per heavy atom. The van der Waals surface area contributed by atoms with Gasteiger partial charge in [0.1, 0.15) is 61.0 Å². The maximum absolute atomic E-state index is 14.6. The molecular weight excluding hydrogens is 943 g/mol. The van der Waals surface area contributed by atoms with E-state index in [4.69, 9.17) is 47.4 Å². The van der Waals surface area contributed by atoms with Crippen LogP contribution in [-0.4, -0.2) is 139 Å². The summed E-state index contributed by atoms with van der Waals surface area (Å²) in [5.74, 6) is -6.09. The Hall–Kier alpha value is -7.52. The quantitative estimate of drug-likeness (QED) is 0.0823. The van der Waals surface area contributed by atoms with Gasteiger partial charge in [-0.3, -0.25) is 28.9 Å². The molecule has 4 aromatic rings. The molecule has 20 heteroatoms. The molecular formula is C52H53NO19. The third-order valence-corrected chi connectivity index (χ3v) is 11.9. The van der Waals surface area contributed by atoms with Crippen LogP contribution in [0, 0.1) is 13.8 Å². The van der Waals surface area contributed by atoms with Crippen molar-refractivity contribution in [2.24, 2.45) is 0 Å². The first-order valence-corrected chi connectivity index (χ1v) is 22.8. The second kappa shape index (κ2) is 23.1.